The molecule has 0 bridgehead atoms. The van der Waals surface area contributed by atoms with E-state index < -0.39 is 0 Å². The number of aromatic nitrogens is 4. The molecule has 2 aromatic heterocycles. The second-order valence-electron chi connectivity index (χ2n) is 4.97. The molecular weight excluding hydrogens is 304 g/mol. The maximum Gasteiger partial charge on any atom is 0.269 e. The highest BCUT2D eigenvalue weighted by atomic mass is 32.1. The number of likely N-dealkylation sites (N-methyl/N-ethyl adjacent to an activating group) is 1. The lowest BCUT2D eigenvalue weighted by atomic mass is 10.2. The highest BCUT2D eigenvalue weighted by molar-refractivity contribution is 7.08. The Balaban J connectivity index is 2.02. The van der Waals surface area contributed by atoms with Gasteiger partial charge < -0.3 is 10.2 Å². The lowest BCUT2D eigenvalue weighted by Crippen LogP contribution is -2.26. The predicted octanol–water partition coefficient (Wildman–Crippen LogP) is 1.03. The minimum atomic E-state index is -0.253. The van der Waals surface area contributed by atoms with Gasteiger partial charge in [-0.05, 0) is 18.0 Å². The Morgan fingerprint density at radius 1 is 1.41 bits per heavy atom. The number of amides is 2. The molecule has 1 N–H and O–H groups in total. The fourth-order valence-electron chi connectivity index (χ4n) is 1.76. The second kappa shape index (κ2) is 7.12. The first kappa shape index (κ1) is 16.1. The molecule has 118 valence electrons. The van der Waals surface area contributed by atoms with Crippen LogP contribution in [0.3, 0.4) is 0 Å². The Hall–Kier alpha value is -2.29. The summed E-state index contributed by atoms with van der Waals surface area (Å²) in [4.78, 5) is 25.8. The summed E-state index contributed by atoms with van der Waals surface area (Å²) in [6.07, 6.45) is 4.74. The molecule has 9 heteroatoms. The lowest BCUT2D eigenvalue weighted by Gasteiger charge is -2.09. The van der Waals surface area contributed by atoms with Crippen LogP contribution >= 0.6 is 11.5 Å². The van der Waals surface area contributed by atoms with Crippen LogP contribution in [0.25, 0.3) is 0 Å². The van der Waals surface area contributed by atoms with E-state index in [0.29, 0.717) is 16.3 Å². The fraction of sp³-hybridized carbons (Fsp3) is 0.462. The van der Waals surface area contributed by atoms with Crippen LogP contribution in [0.2, 0.25) is 0 Å². The highest BCUT2D eigenvalue weighted by Crippen LogP contribution is 2.15. The van der Waals surface area contributed by atoms with Gasteiger partial charge in [0.25, 0.3) is 5.91 Å². The first-order valence-corrected chi connectivity index (χ1v) is 7.63. The predicted molar refractivity (Wildman–Crippen MR) is 82.8 cm³/mol. The molecule has 0 atom stereocenters. The molecule has 0 spiro atoms. The number of hydrogen-bond acceptors (Lipinski definition) is 6. The van der Waals surface area contributed by atoms with E-state index in [4.69, 9.17) is 0 Å². The summed E-state index contributed by atoms with van der Waals surface area (Å²) >= 11 is 1.08. The van der Waals surface area contributed by atoms with Gasteiger partial charge >= 0.3 is 0 Å². The van der Waals surface area contributed by atoms with Gasteiger partial charge in [-0.15, -0.1) is 5.10 Å². The van der Waals surface area contributed by atoms with Crippen LogP contribution in [0.4, 0.5) is 5.69 Å². The van der Waals surface area contributed by atoms with Crippen molar-refractivity contribution in [1.29, 1.82) is 0 Å². The van der Waals surface area contributed by atoms with Crippen molar-refractivity contribution in [2.45, 2.75) is 26.3 Å². The number of nitrogens with zero attached hydrogens (tertiary/aromatic N) is 5. The SMILES string of the molecule is CCCc1nnsc1C(=O)Nc1cnn(CC(=O)N(C)C)c1. The van der Waals surface area contributed by atoms with Gasteiger partial charge in [-0.25, -0.2) is 0 Å². The average molecular weight is 322 g/mol. The third-order valence-electron chi connectivity index (χ3n) is 2.94. The van der Waals surface area contributed by atoms with Crippen molar-refractivity contribution in [2.24, 2.45) is 0 Å². The standard InChI is InChI=1S/C13H18N6O2S/c1-4-5-10-12(22-17-16-10)13(21)15-9-6-14-19(7-9)8-11(20)18(2)3/h6-7H,4-5,8H2,1-3H3,(H,15,21). The summed E-state index contributed by atoms with van der Waals surface area (Å²) in [5.41, 5.74) is 1.24. The van der Waals surface area contributed by atoms with E-state index in [1.54, 1.807) is 20.3 Å². The Morgan fingerprint density at radius 3 is 2.86 bits per heavy atom. The summed E-state index contributed by atoms with van der Waals surface area (Å²) in [5, 5.41) is 10.8. The van der Waals surface area contributed by atoms with Crippen LogP contribution in [0.1, 0.15) is 28.7 Å². The van der Waals surface area contributed by atoms with Crippen molar-refractivity contribution < 1.29 is 9.59 Å². The molecule has 0 saturated carbocycles. The maximum absolute atomic E-state index is 12.2. The number of anilines is 1. The quantitative estimate of drug-likeness (QED) is 0.857. The molecule has 0 unspecified atom stereocenters. The molecule has 0 saturated heterocycles. The summed E-state index contributed by atoms with van der Waals surface area (Å²) < 4.78 is 5.31. The molecule has 2 rings (SSSR count). The van der Waals surface area contributed by atoms with Gasteiger partial charge in [-0.1, -0.05) is 17.8 Å². The highest BCUT2D eigenvalue weighted by Gasteiger charge is 2.16. The molecule has 0 fully saturated rings. The van der Waals surface area contributed by atoms with Crippen molar-refractivity contribution in [1.82, 2.24) is 24.3 Å². The van der Waals surface area contributed by atoms with Crippen LogP contribution in [0.5, 0.6) is 0 Å². The minimum absolute atomic E-state index is 0.0714. The third kappa shape index (κ3) is 3.88. The first-order chi connectivity index (χ1) is 10.5. The number of hydrogen-bond donors (Lipinski definition) is 1. The molecule has 0 radical (unpaired) electrons. The van der Waals surface area contributed by atoms with Crippen LogP contribution in [-0.2, 0) is 17.8 Å². The Morgan fingerprint density at radius 2 is 2.18 bits per heavy atom. The van der Waals surface area contributed by atoms with Gasteiger partial charge in [-0.3, -0.25) is 14.3 Å². The molecule has 2 heterocycles. The van der Waals surface area contributed by atoms with Crippen LogP contribution in [0.15, 0.2) is 12.4 Å². The largest absolute Gasteiger partial charge is 0.347 e. The molecule has 0 aromatic carbocycles. The van der Waals surface area contributed by atoms with Crippen molar-refractivity contribution in [3.8, 4) is 0 Å². The van der Waals surface area contributed by atoms with Gasteiger partial charge in [0.05, 0.1) is 17.6 Å². The molecule has 0 aliphatic rings. The summed E-state index contributed by atoms with van der Waals surface area (Å²) in [6.45, 7) is 2.15. The van der Waals surface area contributed by atoms with Crippen LogP contribution in [0, 0.1) is 0 Å². The molecule has 0 aliphatic carbocycles. The fourth-order valence-corrected chi connectivity index (χ4v) is 2.37. The molecule has 22 heavy (non-hydrogen) atoms. The Kier molecular flexibility index (Phi) is 5.21. The molecule has 8 nitrogen and oxygen atoms in total. The number of nitrogens with one attached hydrogen (secondary N) is 1. The normalized spacial score (nSPS) is 10.5. The number of carbonyl (C=O) groups excluding carboxylic acids is 2. The molecule has 2 aromatic rings. The zero-order valence-corrected chi connectivity index (χ0v) is 13.6. The Bertz CT molecular complexity index is 663. The maximum atomic E-state index is 12.2. The first-order valence-electron chi connectivity index (χ1n) is 6.86. The average Bonchev–Trinajstić information content (AvgIpc) is 3.08. The summed E-state index contributed by atoms with van der Waals surface area (Å²) in [6, 6.07) is 0. The van der Waals surface area contributed by atoms with Crippen molar-refractivity contribution in [2.75, 3.05) is 19.4 Å². The van der Waals surface area contributed by atoms with Gasteiger partial charge in [-0.2, -0.15) is 5.10 Å². The van der Waals surface area contributed by atoms with E-state index in [1.807, 2.05) is 6.92 Å². The van der Waals surface area contributed by atoms with Gasteiger partial charge in [0.1, 0.15) is 11.4 Å². The van der Waals surface area contributed by atoms with E-state index >= 15 is 0 Å². The number of carbonyl (C=O) groups is 2. The van der Waals surface area contributed by atoms with E-state index in [0.717, 1.165) is 24.4 Å². The zero-order valence-electron chi connectivity index (χ0n) is 12.7. The minimum Gasteiger partial charge on any atom is -0.347 e. The summed E-state index contributed by atoms with van der Waals surface area (Å²) in [7, 11) is 3.36. The zero-order chi connectivity index (χ0) is 16.1. The van der Waals surface area contributed by atoms with E-state index in [1.165, 1.54) is 15.8 Å². The van der Waals surface area contributed by atoms with Crippen molar-refractivity contribution >= 4 is 29.0 Å². The van der Waals surface area contributed by atoms with E-state index in [2.05, 4.69) is 20.0 Å². The second-order valence-corrected chi connectivity index (χ2v) is 5.72. The number of aryl methyl sites for hydroxylation is 1. The van der Waals surface area contributed by atoms with Gasteiger partial charge in [0.2, 0.25) is 5.91 Å². The van der Waals surface area contributed by atoms with Gasteiger partial charge in [0, 0.05) is 20.3 Å². The number of rotatable bonds is 6. The molecule has 0 aliphatic heterocycles. The van der Waals surface area contributed by atoms with Crippen molar-refractivity contribution in [3.05, 3.63) is 23.0 Å². The summed E-state index contributed by atoms with van der Waals surface area (Å²) in [5.74, 6) is -0.324. The monoisotopic (exact) mass is 322 g/mol. The smallest absolute Gasteiger partial charge is 0.269 e. The molecular formula is C13H18N6O2S. The lowest BCUT2D eigenvalue weighted by molar-refractivity contribution is -0.129. The third-order valence-corrected chi connectivity index (χ3v) is 3.70. The van der Waals surface area contributed by atoms with Crippen LogP contribution in [-0.4, -0.2) is 50.2 Å². The Labute approximate surface area is 132 Å². The molecule has 2 amide bonds. The van der Waals surface area contributed by atoms with Crippen LogP contribution < -0.4 is 5.32 Å². The topological polar surface area (TPSA) is 93.0 Å². The van der Waals surface area contributed by atoms with E-state index in [9.17, 15) is 9.59 Å². The van der Waals surface area contributed by atoms with E-state index in [-0.39, 0.29) is 18.4 Å². The van der Waals surface area contributed by atoms with Crippen molar-refractivity contribution in [3.63, 3.8) is 0 Å². The van der Waals surface area contributed by atoms with Gasteiger partial charge in [0.15, 0.2) is 0 Å².